The average molecular weight is 459 g/mol. The predicted octanol–water partition coefficient (Wildman–Crippen LogP) is 3.40. The number of thiophene rings is 1. The van der Waals surface area contributed by atoms with Crippen molar-refractivity contribution in [1.29, 1.82) is 0 Å². The van der Waals surface area contributed by atoms with Crippen molar-refractivity contribution in [3.8, 4) is 0 Å². The summed E-state index contributed by atoms with van der Waals surface area (Å²) in [5.74, 6) is 0.999. The first-order chi connectivity index (χ1) is 15.2. The first-order valence-electron chi connectivity index (χ1n) is 10.2. The molecule has 1 fully saturated rings. The van der Waals surface area contributed by atoms with Crippen LogP contribution in [0.3, 0.4) is 0 Å². The second-order valence-corrected chi connectivity index (χ2v) is 9.21. The minimum absolute atomic E-state index is 0.123. The Hall–Kier alpha value is -3.01. The van der Waals surface area contributed by atoms with E-state index in [1.165, 1.54) is 17.8 Å². The summed E-state index contributed by atoms with van der Waals surface area (Å²) in [7, 11) is 0. The summed E-state index contributed by atoms with van der Waals surface area (Å²) < 4.78 is 40.1. The topological polar surface area (TPSA) is 66.3 Å². The van der Waals surface area contributed by atoms with Crippen molar-refractivity contribution in [2.45, 2.75) is 26.1 Å². The molecule has 0 spiro atoms. The third-order valence-electron chi connectivity index (χ3n) is 6.16. The number of hydrogen-bond donors (Lipinski definition) is 1. The van der Waals surface area contributed by atoms with E-state index in [9.17, 15) is 13.2 Å². The molecule has 0 aliphatic carbocycles. The van der Waals surface area contributed by atoms with E-state index in [2.05, 4.69) is 40.7 Å². The predicted molar refractivity (Wildman–Crippen MR) is 119 cm³/mol. The number of pyridine rings is 1. The summed E-state index contributed by atoms with van der Waals surface area (Å²) in [6.07, 6.45) is -1.60. The lowest BCUT2D eigenvalue weighted by Crippen LogP contribution is -2.55. The number of aromatic nitrogens is 3. The zero-order chi connectivity index (χ0) is 22.6. The highest BCUT2D eigenvalue weighted by Gasteiger charge is 2.33. The molecule has 0 amide bonds. The summed E-state index contributed by atoms with van der Waals surface area (Å²) in [4.78, 5) is 19.3. The zero-order valence-electron chi connectivity index (χ0n) is 17.6. The van der Waals surface area contributed by atoms with Gasteiger partial charge in [0.15, 0.2) is 0 Å². The van der Waals surface area contributed by atoms with Crippen molar-refractivity contribution < 1.29 is 13.2 Å². The number of alkyl halides is 3. The Morgan fingerprint density at radius 3 is 2.66 bits per heavy atom. The van der Waals surface area contributed by atoms with Crippen LogP contribution < -0.4 is 20.1 Å². The van der Waals surface area contributed by atoms with Crippen LogP contribution in [0.2, 0.25) is 0 Å². The van der Waals surface area contributed by atoms with Crippen LogP contribution in [0.1, 0.15) is 19.5 Å². The van der Waals surface area contributed by atoms with E-state index in [0.717, 1.165) is 37.6 Å². The molecule has 2 aliphatic rings. The molecular weight excluding hydrogens is 437 g/mol. The van der Waals surface area contributed by atoms with Crippen LogP contribution in [0.15, 0.2) is 41.8 Å². The molecule has 0 saturated carbocycles. The van der Waals surface area contributed by atoms with Gasteiger partial charge in [0.25, 0.3) is 0 Å². The lowest BCUT2D eigenvalue weighted by molar-refractivity contribution is -0.141. The number of halogens is 3. The van der Waals surface area contributed by atoms with Gasteiger partial charge >= 0.3 is 6.18 Å². The normalized spacial score (nSPS) is 19.4. The second-order valence-electron chi connectivity index (χ2n) is 8.21. The third-order valence-corrected chi connectivity index (χ3v) is 7.28. The van der Waals surface area contributed by atoms with Crippen molar-refractivity contribution in [1.82, 2.24) is 15.0 Å². The van der Waals surface area contributed by atoms with Crippen molar-refractivity contribution >= 4 is 38.6 Å². The van der Waals surface area contributed by atoms with Crippen molar-refractivity contribution in [2.24, 2.45) is 10.9 Å². The summed E-state index contributed by atoms with van der Waals surface area (Å²) in [6.45, 7) is 10.3. The molecule has 0 bridgehead atoms. The second kappa shape index (κ2) is 7.54. The van der Waals surface area contributed by atoms with Crippen LogP contribution in [0, 0.1) is 5.92 Å². The number of anilines is 2. The molecule has 3 aromatic rings. The molecule has 3 aromatic heterocycles. The van der Waals surface area contributed by atoms with E-state index in [1.54, 1.807) is 17.7 Å². The highest BCUT2D eigenvalue weighted by Crippen LogP contribution is 2.30. The van der Waals surface area contributed by atoms with Gasteiger partial charge in [0.1, 0.15) is 22.5 Å². The van der Waals surface area contributed by atoms with Gasteiger partial charge in [-0.25, -0.2) is 15.0 Å². The highest BCUT2D eigenvalue weighted by atomic mass is 32.1. The fraction of sp³-hybridized carbons (Fsp3) is 0.364. The molecule has 1 atom stereocenters. The largest absolute Gasteiger partial charge is 0.433 e. The molecule has 2 aliphatic heterocycles. The SMILES string of the molecule is C=C1CN=c2sc3c(NC4CN(c5ccc(C(F)(F)F)nc5)C4)ncnc3c2=C(C)C1C. The maximum atomic E-state index is 12.7. The zero-order valence-corrected chi connectivity index (χ0v) is 18.4. The molecule has 1 saturated heterocycles. The van der Waals surface area contributed by atoms with Gasteiger partial charge in [0, 0.05) is 24.2 Å². The third kappa shape index (κ3) is 3.52. The van der Waals surface area contributed by atoms with Gasteiger partial charge < -0.3 is 10.2 Å². The first-order valence-corrected chi connectivity index (χ1v) is 11.0. The Kier molecular flexibility index (Phi) is 4.92. The maximum absolute atomic E-state index is 12.7. The highest BCUT2D eigenvalue weighted by molar-refractivity contribution is 7.17. The Balaban J connectivity index is 1.37. The van der Waals surface area contributed by atoms with Gasteiger partial charge in [0.2, 0.25) is 0 Å². The van der Waals surface area contributed by atoms with Crippen molar-refractivity contribution in [3.63, 3.8) is 0 Å². The molecule has 32 heavy (non-hydrogen) atoms. The molecule has 5 heterocycles. The molecule has 6 nitrogen and oxygen atoms in total. The summed E-state index contributed by atoms with van der Waals surface area (Å²) in [5, 5.41) is 4.54. The Morgan fingerprint density at radius 2 is 1.97 bits per heavy atom. The molecule has 5 rings (SSSR count). The first kappa shape index (κ1) is 20.9. The minimum atomic E-state index is -4.43. The summed E-state index contributed by atoms with van der Waals surface area (Å²) in [5.41, 5.74) is 3.00. The van der Waals surface area contributed by atoms with Gasteiger partial charge in [-0.05, 0) is 24.6 Å². The molecule has 0 aromatic carbocycles. The van der Waals surface area contributed by atoms with Gasteiger partial charge in [-0.1, -0.05) is 19.1 Å². The van der Waals surface area contributed by atoms with E-state index in [1.807, 2.05) is 4.90 Å². The van der Waals surface area contributed by atoms with Crippen LogP contribution in [0.5, 0.6) is 0 Å². The van der Waals surface area contributed by atoms with Crippen LogP contribution in [-0.4, -0.2) is 40.6 Å². The van der Waals surface area contributed by atoms with Crippen LogP contribution >= 0.6 is 11.3 Å². The molecule has 0 radical (unpaired) electrons. The van der Waals surface area contributed by atoms with Gasteiger partial charge in [0.05, 0.1) is 34.7 Å². The lowest BCUT2D eigenvalue weighted by Gasteiger charge is -2.41. The number of fused-ring (bicyclic) bond motifs is 3. The molecular formula is C22H21F3N6S. The lowest BCUT2D eigenvalue weighted by atomic mass is 9.94. The molecule has 166 valence electrons. The van der Waals surface area contributed by atoms with E-state index in [0.29, 0.717) is 25.3 Å². The van der Waals surface area contributed by atoms with Crippen LogP contribution in [-0.2, 0) is 6.18 Å². The maximum Gasteiger partial charge on any atom is 0.433 e. The van der Waals surface area contributed by atoms with Crippen molar-refractivity contribution in [3.05, 3.63) is 52.4 Å². The standard InChI is InChI=1S/C22H21F3N6S/c1-11-6-27-21-17(13(3)12(11)2)18-19(32-21)20(29-10-28-18)30-14-8-31(9-14)15-4-5-16(26-7-15)22(23,24)25/h4-5,7,10,12,14H,1,6,8-9H2,2-3H3,(H,28,29,30). The average Bonchev–Trinajstić information content (AvgIpc) is 3.07. The van der Waals surface area contributed by atoms with E-state index in [4.69, 9.17) is 4.99 Å². The Bertz CT molecular complexity index is 1320. The monoisotopic (exact) mass is 458 g/mol. The minimum Gasteiger partial charge on any atom is -0.366 e. The Labute approximate surface area is 186 Å². The van der Waals surface area contributed by atoms with Crippen LogP contribution in [0.4, 0.5) is 24.7 Å². The molecule has 10 heteroatoms. The molecule has 1 N–H and O–H groups in total. The smallest absolute Gasteiger partial charge is 0.366 e. The number of nitrogens with one attached hydrogen (secondary N) is 1. The Morgan fingerprint density at radius 1 is 1.19 bits per heavy atom. The van der Waals surface area contributed by atoms with Gasteiger partial charge in [-0.3, -0.25) is 4.99 Å². The number of hydrogen-bond acceptors (Lipinski definition) is 7. The van der Waals surface area contributed by atoms with E-state index >= 15 is 0 Å². The summed E-state index contributed by atoms with van der Waals surface area (Å²) >= 11 is 1.58. The van der Waals surface area contributed by atoms with Crippen LogP contribution in [0.25, 0.3) is 15.8 Å². The van der Waals surface area contributed by atoms with E-state index in [-0.39, 0.29) is 12.0 Å². The molecule has 1 unspecified atom stereocenters. The van der Waals surface area contributed by atoms with Gasteiger partial charge in [-0.15, -0.1) is 11.3 Å². The summed E-state index contributed by atoms with van der Waals surface area (Å²) in [6, 6.07) is 2.60. The fourth-order valence-electron chi connectivity index (χ4n) is 4.01. The quantitative estimate of drug-likeness (QED) is 0.610. The number of nitrogens with zero attached hydrogens (tertiary/aromatic N) is 5. The van der Waals surface area contributed by atoms with Gasteiger partial charge in [-0.2, -0.15) is 13.2 Å². The fourth-order valence-corrected chi connectivity index (χ4v) is 5.16. The van der Waals surface area contributed by atoms with Crippen molar-refractivity contribution in [2.75, 3.05) is 29.9 Å². The number of rotatable bonds is 3. The van der Waals surface area contributed by atoms with E-state index < -0.39 is 11.9 Å².